The lowest BCUT2D eigenvalue weighted by atomic mass is 10.1. The van der Waals surface area contributed by atoms with E-state index < -0.39 is 29.7 Å². The lowest BCUT2D eigenvalue weighted by Gasteiger charge is -2.19. The van der Waals surface area contributed by atoms with Crippen molar-refractivity contribution in [3.8, 4) is 11.5 Å². The third-order valence-electron chi connectivity index (χ3n) is 4.74. The normalized spacial score (nSPS) is 15.8. The average Bonchev–Trinajstić information content (AvgIpc) is 2.98. The maximum atomic E-state index is 13.2. The van der Waals surface area contributed by atoms with Crippen LogP contribution < -0.4 is 19.7 Å². The quantitative estimate of drug-likeness (QED) is 0.516. The molecule has 0 spiro atoms. The first-order valence-corrected chi connectivity index (χ1v) is 9.42. The fraction of sp³-hybridized carbons (Fsp3) is 0.227. The molecule has 162 valence electrons. The monoisotopic (exact) mass is 427 g/mol. The van der Waals surface area contributed by atoms with Gasteiger partial charge in [-0.3, -0.25) is 9.59 Å². The number of hydrogen-bond donors (Lipinski definition) is 1. The zero-order chi connectivity index (χ0) is 22.5. The highest BCUT2D eigenvalue weighted by atomic mass is 19.1. The number of nitrogens with one attached hydrogen (secondary N) is 1. The molecular weight excluding hydrogens is 405 g/mol. The molecule has 4 amide bonds. The summed E-state index contributed by atoms with van der Waals surface area (Å²) in [5, 5.41) is 2.70. The van der Waals surface area contributed by atoms with E-state index in [0.29, 0.717) is 17.2 Å². The van der Waals surface area contributed by atoms with Crippen LogP contribution in [0.25, 0.3) is 0 Å². The van der Waals surface area contributed by atoms with Crippen molar-refractivity contribution in [2.75, 3.05) is 31.0 Å². The summed E-state index contributed by atoms with van der Waals surface area (Å²) in [5.41, 5.74) is 0.648. The van der Waals surface area contributed by atoms with Crippen molar-refractivity contribution in [1.29, 1.82) is 0 Å². The second-order valence-electron chi connectivity index (χ2n) is 6.74. The topological polar surface area (TPSA) is 88.2 Å². The van der Waals surface area contributed by atoms with Gasteiger partial charge >= 0.3 is 6.03 Å². The zero-order valence-corrected chi connectivity index (χ0v) is 17.1. The molecule has 2 aromatic rings. The lowest BCUT2D eigenvalue weighted by molar-refractivity contribution is -0.124. The van der Waals surface area contributed by atoms with Gasteiger partial charge in [-0.25, -0.2) is 14.1 Å². The first-order chi connectivity index (χ1) is 14.9. The molecule has 1 fully saturated rings. The second kappa shape index (κ2) is 9.29. The van der Waals surface area contributed by atoms with Gasteiger partial charge in [-0.1, -0.05) is 6.08 Å². The van der Waals surface area contributed by atoms with Gasteiger partial charge in [0.25, 0.3) is 5.91 Å². The van der Waals surface area contributed by atoms with Crippen LogP contribution in [0.4, 0.5) is 20.6 Å². The fourth-order valence-electron chi connectivity index (χ4n) is 3.28. The van der Waals surface area contributed by atoms with E-state index in [0.717, 1.165) is 17.0 Å². The van der Waals surface area contributed by atoms with Gasteiger partial charge in [-0.05, 0) is 24.3 Å². The molecule has 2 aromatic carbocycles. The molecule has 3 rings (SSSR count). The maximum Gasteiger partial charge on any atom is 0.332 e. The number of methoxy groups -OCH3 is 2. The summed E-state index contributed by atoms with van der Waals surface area (Å²) in [7, 11) is 2.97. The molecule has 0 bridgehead atoms. The Morgan fingerprint density at radius 2 is 1.74 bits per heavy atom. The molecular formula is C22H22FN3O5. The molecule has 1 aliphatic rings. The molecule has 9 heteroatoms. The number of rotatable bonds is 8. The number of benzene rings is 2. The Morgan fingerprint density at radius 1 is 1.13 bits per heavy atom. The fourth-order valence-corrected chi connectivity index (χ4v) is 3.28. The van der Waals surface area contributed by atoms with Gasteiger partial charge in [0.15, 0.2) is 0 Å². The number of ether oxygens (including phenoxy) is 2. The molecule has 0 aromatic heterocycles. The van der Waals surface area contributed by atoms with Crippen LogP contribution in [-0.4, -0.2) is 49.6 Å². The molecule has 0 radical (unpaired) electrons. The first-order valence-electron chi connectivity index (χ1n) is 9.42. The van der Waals surface area contributed by atoms with E-state index in [1.54, 1.807) is 18.2 Å². The summed E-state index contributed by atoms with van der Waals surface area (Å²) in [6.45, 7) is 3.69. The summed E-state index contributed by atoms with van der Waals surface area (Å²) >= 11 is 0. The van der Waals surface area contributed by atoms with Crippen LogP contribution in [0.2, 0.25) is 0 Å². The number of anilines is 2. The molecule has 8 nitrogen and oxygen atoms in total. The van der Waals surface area contributed by atoms with E-state index in [9.17, 15) is 18.8 Å². The van der Waals surface area contributed by atoms with Gasteiger partial charge in [-0.2, -0.15) is 0 Å². The van der Waals surface area contributed by atoms with Crippen molar-refractivity contribution < 1.29 is 28.2 Å². The van der Waals surface area contributed by atoms with Gasteiger partial charge in [0.05, 0.1) is 26.3 Å². The molecule has 31 heavy (non-hydrogen) atoms. The average molecular weight is 427 g/mol. The smallest absolute Gasteiger partial charge is 0.332 e. The van der Waals surface area contributed by atoms with Crippen molar-refractivity contribution in [2.45, 2.75) is 12.5 Å². The number of urea groups is 1. The molecule has 1 saturated heterocycles. The number of halogens is 1. The van der Waals surface area contributed by atoms with Crippen LogP contribution >= 0.6 is 0 Å². The summed E-state index contributed by atoms with van der Waals surface area (Å²) < 4.78 is 23.6. The molecule has 1 heterocycles. The number of carbonyl (C=O) groups is 3. The Labute approximate surface area is 178 Å². The highest BCUT2D eigenvalue weighted by Crippen LogP contribution is 2.29. The lowest BCUT2D eigenvalue weighted by Crippen LogP contribution is -2.38. The number of imide groups is 1. The predicted octanol–water partition coefficient (Wildman–Crippen LogP) is 3.19. The van der Waals surface area contributed by atoms with Crippen molar-refractivity contribution >= 4 is 29.2 Å². The van der Waals surface area contributed by atoms with E-state index in [-0.39, 0.29) is 18.7 Å². The van der Waals surface area contributed by atoms with E-state index in [1.165, 1.54) is 37.3 Å². The minimum absolute atomic E-state index is 0.0766. The molecule has 1 aliphatic heterocycles. The van der Waals surface area contributed by atoms with Gasteiger partial charge in [0, 0.05) is 30.4 Å². The van der Waals surface area contributed by atoms with Gasteiger partial charge < -0.3 is 19.7 Å². The van der Waals surface area contributed by atoms with E-state index in [4.69, 9.17) is 9.47 Å². The van der Waals surface area contributed by atoms with Crippen molar-refractivity contribution in [3.05, 3.63) is 60.9 Å². The number of amides is 4. The Morgan fingerprint density at radius 3 is 2.29 bits per heavy atom. The Kier molecular flexibility index (Phi) is 6.54. The largest absolute Gasteiger partial charge is 0.497 e. The van der Waals surface area contributed by atoms with Crippen LogP contribution in [0.5, 0.6) is 11.5 Å². The van der Waals surface area contributed by atoms with E-state index in [2.05, 4.69) is 11.9 Å². The molecule has 1 atom stereocenters. The Balaban J connectivity index is 1.80. The van der Waals surface area contributed by atoms with Gasteiger partial charge in [0.1, 0.15) is 23.4 Å². The Hall–Kier alpha value is -3.88. The van der Waals surface area contributed by atoms with E-state index in [1.807, 2.05) is 0 Å². The highest BCUT2D eigenvalue weighted by molar-refractivity contribution is 6.22. The van der Waals surface area contributed by atoms with Gasteiger partial charge in [-0.15, -0.1) is 6.58 Å². The van der Waals surface area contributed by atoms with Crippen molar-refractivity contribution in [2.24, 2.45) is 0 Å². The molecule has 1 unspecified atom stereocenters. The summed E-state index contributed by atoms with van der Waals surface area (Å²) in [4.78, 5) is 40.7. The zero-order valence-electron chi connectivity index (χ0n) is 17.1. The summed E-state index contributed by atoms with van der Waals surface area (Å²) in [6, 6.07) is 8.22. The summed E-state index contributed by atoms with van der Waals surface area (Å²) in [6.07, 6.45) is 1.20. The third kappa shape index (κ3) is 4.66. The molecule has 0 aliphatic carbocycles. The SMILES string of the molecule is C=CCN1C(=O)N(c2ccc(F)cc2)C(=O)C1CC(=O)Nc1cc(OC)cc(OC)c1. The van der Waals surface area contributed by atoms with Crippen LogP contribution in [0.15, 0.2) is 55.1 Å². The van der Waals surface area contributed by atoms with Crippen molar-refractivity contribution in [3.63, 3.8) is 0 Å². The number of carbonyl (C=O) groups excluding carboxylic acids is 3. The minimum Gasteiger partial charge on any atom is -0.497 e. The first kappa shape index (κ1) is 21.8. The van der Waals surface area contributed by atoms with Crippen LogP contribution in [-0.2, 0) is 9.59 Å². The second-order valence-corrected chi connectivity index (χ2v) is 6.74. The van der Waals surface area contributed by atoms with Crippen LogP contribution in [0.1, 0.15) is 6.42 Å². The number of nitrogens with zero attached hydrogens (tertiary/aromatic N) is 2. The van der Waals surface area contributed by atoms with Crippen molar-refractivity contribution in [1.82, 2.24) is 4.90 Å². The number of hydrogen-bond acceptors (Lipinski definition) is 5. The van der Waals surface area contributed by atoms with E-state index >= 15 is 0 Å². The summed E-state index contributed by atoms with van der Waals surface area (Å²) in [5.74, 6) is -0.571. The van der Waals surface area contributed by atoms with Crippen LogP contribution in [0, 0.1) is 5.82 Å². The minimum atomic E-state index is -1.02. The Bertz CT molecular complexity index is 986. The predicted molar refractivity (Wildman–Crippen MR) is 113 cm³/mol. The highest BCUT2D eigenvalue weighted by Gasteiger charge is 2.46. The maximum absolute atomic E-state index is 13.2. The third-order valence-corrected chi connectivity index (χ3v) is 4.74. The standard InChI is InChI=1S/C22H22FN3O5/c1-4-9-25-19(21(28)26(22(25)29)16-7-5-14(23)6-8-16)13-20(27)24-15-10-17(30-2)12-18(11-15)31-3/h4-8,10-12,19H,1,9,13H2,2-3H3,(H,24,27). The van der Waals surface area contributed by atoms with Gasteiger partial charge in [0.2, 0.25) is 5.91 Å². The van der Waals surface area contributed by atoms with Crippen LogP contribution in [0.3, 0.4) is 0 Å². The molecule has 1 N–H and O–H groups in total. The molecule has 0 saturated carbocycles.